The van der Waals surface area contributed by atoms with Gasteiger partial charge in [0, 0.05) is 23.9 Å². The molecule has 0 bridgehead atoms. The van der Waals surface area contributed by atoms with Gasteiger partial charge in [-0.2, -0.15) is 17.0 Å². The summed E-state index contributed by atoms with van der Waals surface area (Å²) in [4.78, 5) is 18.7. The number of aromatic amines is 1. The molecule has 0 radical (unpaired) electrons. The Hall–Kier alpha value is -3.38. The van der Waals surface area contributed by atoms with Crippen LogP contribution in [0.5, 0.6) is 0 Å². The Bertz CT molecular complexity index is 1200. The third-order valence-electron chi connectivity index (χ3n) is 6.80. The van der Waals surface area contributed by atoms with Gasteiger partial charge < -0.3 is 4.74 Å². The second-order valence-corrected chi connectivity index (χ2v) is 9.55. The van der Waals surface area contributed by atoms with Crippen LogP contribution in [-0.2, 0) is 16.6 Å². The van der Waals surface area contributed by atoms with E-state index in [1.54, 1.807) is 17.3 Å². The fourth-order valence-corrected chi connectivity index (χ4v) is 6.75. The van der Waals surface area contributed by atoms with Gasteiger partial charge >= 0.3 is 6.09 Å². The van der Waals surface area contributed by atoms with Crippen molar-refractivity contribution in [1.82, 2.24) is 20.4 Å². The Balaban J connectivity index is 1.25. The minimum Gasteiger partial charge on any atom is -0.444 e. The topological polar surface area (TPSA) is 108 Å². The number of amides is 1. The van der Waals surface area contributed by atoms with E-state index in [1.165, 1.54) is 0 Å². The average molecular weight is 445 g/mol. The lowest BCUT2D eigenvalue weighted by Gasteiger charge is -2.17. The Kier molecular flexibility index (Phi) is 4.43. The van der Waals surface area contributed by atoms with Crippen LogP contribution in [0, 0.1) is 23.2 Å². The van der Waals surface area contributed by atoms with Crippen molar-refractivity contribution in [2.75, 3.05) is 23.0 Å². The SMILES string of the molecule is N#CC1(c2ncccc2-c2ccc(N3C[C@@H](Cc4cnn[nH]4)OC3=O)cc2)C2CSCC21. The van der Waals surface area contributed by atoms with E-state index in [0.29, 0.717) is 24.8 Å². The van der Waals surface area contributed by atoms with Gasteiger partial charge in [-0.3, -0.25) is 15.0 Å². The van der Waals surface area contributed by atoms with E-state index in [-0.39, 0.29) is 12.2 Å². The van der Waals surface area contributed by atoms with E-state index in [4.69, 9.17) is 4.74 Å². The highest BCUT2D eigenvalue weighted by Gasteiger charge is 2.69. The number of nitrogens with zero attached hydrogens (tertiary/aromatic N) is 5. The highest BCUT2D eigenvalue weighted by molar-refractivity contribution is 7.99. The van der Waals surface area contributed by atoms with Gasteiger partial charge in [-0.05, 0) is 47.1 Å². The number of hydrogen-bond acceptors (Lipinski definition) is 7. The highest BCUT2D eigenvalue weighted by atomic mass is 32.2. The molecule has 2 aromatic heterocycles. The van der Waals surface area contributed by atoms with Gasteiger partial charge in [0.1, 0.15) is 11.5 Å². The van der Waals surface area contributed by atoms with Crippen molar-refractivity contribution in [3.05, 3.63) is 60.2 Å². The Morgan fingerprint density at radius 2 is 2.06 bits per heavy atom. The van der Waals surface area contributed by atoms with Gasteiger partial charge in [-0.1, -0.05) is 23.4 Å². The summed E-state index contributed by atoms with van der Waals surface area (Å²) >= 11 is 1.93. The van der Waals surface area contributed by atoms with Crippen LogP contribution in [0.1, 0.15) is 11.4 Å². The maximum atomic E-state index is 12.4. The van der Waals surface area contributed by atoms with E-state index in [2.05, 4.69) is 26.5 Å². The molecule has 3 aliphatic rings. The number of H-pyrrole nitrogens is 1. The van der Waals surface area contributed by atoms with Crippen LogP contribution in [0.25, 0.3) is 11.1 Å². The smallest absolute Gasteiger partial charge is 0.414 e. The number of thioether (sulfide) groups is 1. The van der Waals surface area contributed by atoms with E-state index in [9.17, 15) is 10.1 Å². The zero-order chi connectivity index (χ0) is 21.7. The lowest BCUT2D eigenvalue weighted by atomic mass is 9.91. The minimum atomic E-state index is -0.464. The Labute approximate surface area is 189 Å². The third kappa shape index (κ3) is 2.90. The van der Waals surface area contributed by atoms with Crippen LogP contribution in [0.2, 0.25) is 0 Å². The molecule has 8 nitrogen and oxygen atoms in total. The van der Waals surface area contributed by atoms with Crippen molar-refractivity contribution in [3.63, 3.8) is 0 Å². The average Bonchev–Trinajstić information content (AvgIpc) is 3.35. The Morgan fingerprint density at radius 3 is 2.78 bits per heavy atom. The number of pyridine rings is 1. The summed E-state index contributed by atoms with van der Waals surface area (Å²) in [5.41, 5.74) is 4.03. The first-order chi connectivity index (χ1) is 15.7. The molecule has 1 aromatic carbocycles. The molecule has 2 unspecified atom stereocenters. The molecule has 6 rings (SSSR count). The number of aromatic nitrogens is 4. The number of cyclic esters (lactones) is 1. The van der Waals surface area contributed by atoms with Crippen LogP contribution in [0.4, 0.5) is 10.5 Å². The number of nitrogens with one attached hydrogen (secondary N) is 1. The number of anilines is 1. The van der Waals surface area contributed by atoms with E-state index in [0.717, 1.165) is 39.7 Å². The zero-order valence-electron chi connectivity index (χ0n) is 17.1. The summed E-state index contributed by atoms with van der Waals surface area (Å²) in [6.07, 6.45) is 3.35. The number of carbonyl (C=O) groups is 1. The summed E-state index contributed by atoms with van der Waals surface area (Å²) in [5.74, 6) is 2.85. The van der Waals surface area contributed by atoms with E-state index >= 15 is 0 Å². The molecule has 1 aliphatic carbocycles. The van der Waals surface area contributed by atoms with Gasteiger partial charge in [-0.15, -0.1) is 5.10 Å². The molecule has 3 atom stereocenters. The summed E-state index contributed by atoms with van der Waals surface area (Å²) in [5, 5.41) is 20.3. The molecule has 32 heavy (non-hydrogen) atoms. The first kappa shape index (κ1) is 19.3. The molecule has 1 N–H and O–H groups in total. The number of nitriles is 1. The molecule has 2 saturated heterocycles. The third-order valence-corrected chi connectivity index (χ3v) is 7.99. The molecular weight excluding hydrogens is 424 g/mol. The van der Waals surface area contributed by atoms with Crippen LogP contribution in [0.3, 0.4) is 0 Å². The molecule has 3 fully saturated rings. The number of hydrogen-bond donors (Lipinski definition) is 1. The number of carbonyl (C=O) groups excluding carboxylic acids is 1. The number of benzene rings is 1. The molecule has 3 aromatic rings. The van der Waals surface area contributed by atoms with Crippen molar-refractivity contribution in [1.29, 1.82) is 5.26 Å². The molecule has 1 saturated carbocycles. The molecule has 4 heterocycles. The zero-order valence-corrected chi connectivity index (χ0v) is 18.0. The Morgan fingerprint density at radius 1 is 1.25 bits per heavy atom. The maximum absolute atomic E-state index is 12.4. The number of fused-ring (bicyclic) bond motifs is 1. The van der Waals surface area contributed by atoms with Gasteiger partial charge in [0.25, 0.3) is 0 Å². The molecular formula is C23H20N6O2S. The molecule has 2 aliphatic heterocycles. The molecule has 1 amide bonds. The van der Waals surface area contributed by atoms with Crippen molar-refractivity contribution >= 4 is 23.5 Å². The summed E-state index contributed by atoms with van der Waals surface area (Å²) in [6.45, 7) is 0.466. The van der Waals surface area contributed by atoms with E-state index < -0.39 is 5.41 Å². The molecule has 9 heteroatoms. The standard InChI is InChI=1S/C23H20N6O2S/c24-13-23(19-11-32-12-20(19)23)21-18(2-1-7-25-21)14-3-5-16(6-4-14)29-10-17(31-22(29)30)8-15-9-26-28-27-15/h1-7,9,17,19-20H,8,10-12H2,(H,26,27,28)/t17-,19?,20?,23?/m1/s1. The fourth-order valence-electron chi connectivity index (χ4n) is 5.12. The second-order valence-electron chi connectivity index (χ2n) is 8.48. The first-order valence-electron chi connectivity index (χ1n) is 10.6. The van der Waals surface area contributed by atoms with Crippen LogP contribution in [0.15, 0.2) is 48.8 Å². The minimum absolute atomic E-state index is 0.253. The lowest BCUT2D eigenvalue weighted by Crippen LogP contribution is -2.25. The highest BCUT2D eigenvalue weighted by Crippen LogP contribution is 2.66. The van der Waals surface area contributed by atoms with Crippen molar-refractivity contribution < 1.29 is 9.53 Å². The van der Waals surface area contributed by atoms with Crippen LogP contribution in [-0.4, -0.2) is 50.6 Å². The van der Waals surface area contributed by atoms with Crippen LogP contribution < -0.4 is 4.90 Å². The van der Waals surface area contributed by atoms with Crippen molar-refractivity contribution in [3.8, 4) is 17.2 Å². The van der Waals surface area contributed by atoms with Crippen molar-refractivity contribution in [2.45, 2.75) is 17.9 Å². The van der Waals surface area contributed by atoms with Gasteiger partial charge in [0.15, 0.2) is 0 Å². The quantitative estimate of drug-likeness (QED) is 0.644. The summed E-state index contributed by atoms with van der Waals surface area (Å²) < 4.78 is 5.51. The maximum Gasteiger partial charge on any atom is 0.414 e. The molecule has 160 valence electrons. The number of ether oxygens (including phenoxy) is 1. The van der Waals surface area contributed by atoms with E-state index in [1.807, 2.05) is 48.2 Å². The normalized spacial score (nSPS) is 28.3. The van der Waals surface area contributed by atoms with Crippen molar-refractivity contribution in [2.24, 2.45) is 11.8 Å². The van der Waals surface area contributed by atoms with Gasteiger partial charge in [-0.25, -0.2) is 4.79 Å². The van der Waals surface area contributed by atoms with Crippen LogP contribution >= 0.6 is 11.8 Å². The first-order valence-corrected chi connectivity index (χ1v) is 11.7. The monoisotopic (exact) mass is 444 g/mol. The predicted octanol–water partition coefficient (Wildman–Crippen LogP) is 3.19. The fraction of sp³-hybridized carbons (Fsp3) is 0.348. The predicted molar refractivity (Wildman–Crippen MR) is 119 cm³/mol. The second kappa shape index (κ2) is 7.35. The summed E-state index contributed by atoms with van der Waals surface area (Å²) in [6, 6.07) is 14.4. The molecule has 0 spiro atoms. The number of rotatable bonds is 5. The largest absolute Gasteiger partial charge is 0.444 e. The summed E-state index contributed by atoms with van der Waals surface area (Å²) in [7, 11) is 0. The van der Waals surface area contributed by atoms with Gasteiger partial charge in [0.2, 0.25) is 0 Å². The van der Waals surface area contributed by atoms with Gasteiger partial charge in [0.05, 0.1) is 30.2 Å². The lowest BCUT2D eigenvalue weighted by molar-refractivity contribution is 0.141.